The summed E-state index contributed by atoms with van der Waals surface area (Å²) >= 11 is 1.20. The van der Waals surface area contributed by atoms with E-state index in [-0.39, 0.29) is 11.6 Å². The van der Waals surface area contributed by atoms with Gasteiger partial charge in [-0.15, -0.1) is 11.3 Å². The lowest BCUT2D eigenvalue weighted by Crippen LogP contribution is -2.33. The summed E-state index contributed by atoms with van der Waals surface area (Å²) in [5, 5.41) is 21.5. The highest BCUT2D eigenvalue weighted by molar-refractivity contribution is 7.16. The van der Waals surface area contributed by atoms with E-state index in [0.717, 1.165) is 10.4 Å². The molecule has 0 radical (unpaired) electrons. The molecule has 10 heteroatoms. The number of rotatable bonds is 3. The lowest BCUT2D eigenvalue weighted by atomic mass is 10.0. The van der Waals surface area contributed by atoms with E-state index in [2.05, 4.69) is 21.4 Å². The summed E-state index contributed by atoms with van der Waals surface area (Å²) in [5.74, 6) is -2.18. The number of carbonyl (C=O) groups is 3. The fourth-order valence-corrected chi connectivity index (χ4v) is 3.91. The van der Waals surface area contributed by atoms with E-state index in [1.165, 1.54) is 30.7 Å². The molecule has 0 spiro atoms. The number of carboxylic acids is 1. The normalized spacial score (nSPS) is 12.8. The molecule has 2 aromatic heterocycles. The average molecular weight is 371 g/mol. The minimum atomic E-state index is -1.37. The summed E-state index contributed by atoms with van der Waals surface area (Å²) in [4.78, 5) is 45.1. The highest BCUT2D eigenvalue weighted by atomic mass is 32.1. The molecule has 0 aliphatic carbocycles. The predicted molar refractivity (Wildman–Crippen MR) is 90.8 cm³/mol. The second-order valence-corrected chi connectivity index (χ2v) is 6.63. The molecule has 3 heterocycles. The van der Waals surface area contributed by atoms with Crippen LogP contribution in [-0.2, 0) is 17.8 Å². The first kappa shape index (κ1) is 17.5. The zero-order valence-corrected chi connectivity index (χ0v) is 14.5. The summed E-state index contributed by atoms with van der Waals surface area (Å²) in [5.41, 5.74) is 0.346. The van der Waals surface area contributed by atoms with E-state index in [4.69, 9.17) is 5.11 Å². The first-order valence-electron chi connectivity index (χ1n) is 7.58. The van der Waals surface area contributed by atoms with Crippen molar-refractivity contribution in [3.05, 3.63) is 39.8 Å². The lowest BCUT2D eigenvalue weighted by molar-refractivity contribution is -0.129. The summed E-state index contributed by atoms with van der Waals surface area (Å²) in [6.07, 6.45) is 2.92. The molecule has 2 N–H and O–H groups in total. The smallest absolute Gasteiger partial charge is 0.356 e. The molecule has 1 aliphatic rings. The van der Waals surface area contributed by atoms with E-state index in [0.29, 0.717) is 30.1 Å². The summed E-state index contributed by atoms with van der Waals surface area (Å²) in [7, 11) is 0. The van der Waals surface area contributed by atoms with Crippen molar-refractivity contribution >= 4 is 34.1 Å². The fraction of sp³-hybridized carbons (Fsp3) is 0.250. The van der Waals surface area contributed by atoms with Gasteiger partial charge in [-0.25, -0.2) is 14.8 Å². The highest BCUT2D eigenvalue weighted by Crippen LogP contribution is 2.36. The van der Waals surface area contributed by atoms with E-state index in [1.54, 1.807) is 4.90 Å². The lowest BCUT2D eigenvalue weighted by Gasteiger charge is -2.25. The standard InChI is InChI=1S/C16H13N5O4S/c1-8(22)21-5-2-9-10(6-17)15(26-11(9)7-21)20-14(23)12-13(16(24)25)19-4-3-18-12/h3-4H,2,5,7H2,1H3,(H,20,23)(H,24,25). The Labute approximate surface area is 151 Å². The van der Waals surface area contributed by atoms with Crippen LogP contribution >= 0.6 is 11.3 Å². The molecule has 0 saturated heterocycles. The van der Waals surface area contributed by atoms with Crippen molar-refractivity contribution in [3.8, 4) is 6.07 Å². The number of amides is 2. The summed E-state index contributed by atoms with van der Waals surface area (Å²) in [6.45, 7) is 2.37. The molecule has 2 aromatic rings. The summed E-state index contributed by atoms with van der Waals surface area (Å²) < 4.78 is 0. The van der Waals surface area contributed by atoms with Gasteiger partial charge in [-0.05, 0) is 12.0 Å². The molecular formula is C16H13N5O4S. The minimum absolute atomic E-state index is 0.0567. The van der Waals surface area contributed by atoms with Crippen LogP contribution in [0.1, 0.15) is 43.9 Å². The number of carbonyl (C=O) groups excluding carboxylic acids is 2. The first-order chi connectivity index (χ1) is 12.4. The van der Waals surface area contributed by atoms with Crippen molar-refractivity contribution < 1.29 is 19.5 Å². The molecule has 0 atom stereocenters. The Morgan fingerprint density at radius 3 is 2.62 bits per heavy atom. The number of fused-ring (bicyclic) bond motifs is 1. The zero-order chi connectivity index (χ0) is 18.8. The van der Waals surface area contributed by atoms with Crippen molar-refractivity contribution in [2.24, 2.45) is 0 Å². The molecule has 0 fully saturated rings. The van der Waals surface area contributed by atoms with Gasteiger partial charge in [0.1, 0.15) is 11.1 Å². The van der Waals surface area contributed by atoms with Gasteiger partial charge in [0.2, 0.25) is 5.91 Å². The van der Waals surface area contributed by atoms with Crippen molar-refractivity contribution in [3.63, 3.8) is 0 Å². The Kier molecular flexibility index (Phi) is 4.64. The number of hydrogen-bond acceptors (Lipinski definition) is 7. The Morgan fingerprint density at radius 1 is 1.31 bits per heavy atom. The number of anilines is 1. The number of carboxylic acid groups (broad SMARTS) is 1. The molecular weight excluding hydrogens is 358 g/mol. The zero-order valence-electron chi connectivity index (χ0n) is 13.6. The van der Waals surface area contributed by atoms with Crippen LogP contribution in [0.25, 0.3) is 0 Å². The largest absolute Gasteiger partial charge is 0.476 e. The molecule has 0 bridgehead atoms. The molecule has 1 aliphatic heterocycles. The van der Waals surface area contributed by atoms with E-state index in [1.807, 2.05) is 0 Å². The van der Waals surface area contributed by atoms with Crippen molar-refractivity contribution in [2.45, 2.75) is 19.9 Å². The van der Waals surface area contributed by atoms with Crippen molar-refractivity contribution in [1.82, 2.24) is 14.9 Å². The molecule has 26 heavy (non-hydrogen) atoms. The second-order valence-electron chi connectivity index (χ2n) is 5.52. The molecule has 3 rings (SSSR count). The number of aromatic nitrogens is 2. The Balaban J connectivity index is 1.92. The van der Waals surface area contributed by atoms with Crippen molar-refractivity contribution in [2.75, 3.05) is 11.9 Å². The number of aromatic carboxylic acids is 1. The van der Waals surface area contributed by atoms with Gasteiger partial charge in [0, 0.05) is 30.7 Å². The average Bonchev–Trinajstić information content (AvgIpc) is 2.97. The van der Waals surface area contributed by atoms with Crippen LogP contribution < -0.4 is 5.32 Å². The maximum Gasteiger partial charge on any atom is 0.356 e. The van der Waals surface area contributed by atoms with Crippen LogP contribution in [0, 0.1) is 11.3 Å². The molecule has 2 amide bonds. The Bertz CT molecular complexity index is 962. The topological polar surface area (TPSA) is 136 Å². The van der Waals surface area contributed by atoms with Gasteiger partial charge in [-0.1, -0.05) is 0 Å². The van der Waals surface area contributed by atoms with Gasteiger partial charge in [0.15, 0.2) is 11.4 Å². The van der Waals surface area contributed by atoms with Crippen LogP contribution in [0.2, 0.25) is 0 Å². The first-order valence-corrected chi connectivity index (χ1v) is 8.39. The van der Waals surface area contributed by atoms with E-state index in [9.17, 15) is 19.6 Å². The van der Waals surface area contributed by atoms with Gasteiger partial charge in [-0.3, -0.25) is 9.59 Å². The maximum absolute atomic E-state index is 12.4. The second kappa shape index (κ2) is 6.89. The van der Waals surface area contributed by atoms with Gasteiger partial charge < -0.3 is 15.3 Å². The Morgan fingerprint density at radius 2 is 2.00 bits per heavy atom. The summed E-state index contributed by atoms with van der Waals surface area (Å²) in [6, 6.07) is 2.08. The predicted octanol–water partition coefficient (Wildman–Crippen LogP) is 1.26. The van der Waals surface area contributed by atoms with Gasteiger partial charge in [-0.2, -0.15) is 5.26 Å². The monoisotopic (exact) mass is 371 g/mol. The number of thiophene rings is 1. The van der Waals surface area contributed by atoms with E-state index < -0.39 is 17.6 Å². The molecule has 132 valence electrons. The van der Waals surface area contributed by atoms with Crippen molar-refractivity contribution in [1.29, 1.82) is 5.26 Å². The van der Waals surface area contributed by atoms with E-state index >= 15 is 0 Å². The van der Waals surface area contributed by atoms with Crippen LogP contribution in [0.15, 0.2) is 12.4 Å². The minimum Gasteiger partial charge on any atom is -0.476 e. The molecule has 0 aromatic carbocycles. The van der Waals surface area contributed by atoms with Crippen LogP contribution in [0.3, 0.4) is 0 Å². The third-order valence-electron chi connectivity index (χ3n) is 3.96. The fourth-order valence-electron chi connectivity index (χ4n) is 2.70. The third kappa shape index (κ3) is 3.12. The van der Waals surface area contributed by atoms with Crippen LogP contribution in [0.5, 0.6) is 0 Å². The number of nitrogens with zero attached hydrogens (tertiary/aromatic N) is 4. The SMILES string of the molecule is CC(=O)N1CCc2c(sc(NC(=O)c3nccnc3C(=O)O)c2C#N)C1. The Hall–Kier alpha value is -3.32. The van der Waals surface area contributed by atoms with Gasteiger partial charge >= 0.3 is 5.97 Å². The maximum atomic E-state index is 12.4. The number of nitriles is 1. The van der Waals surface area contributed by atoms with Gasteiger partial charge in [0.25, 0.3) is 5.91 Å². The van der Waals surface area contributed by atoms with Crippen LogP contribution in [-0.4, -0.2) is 44.3 Å². The molecule has 0 unspecified atom stereocenters. The molecule has 0 saturated carbocycles. The van der Waals surface area contributed by atoms with Gasteiger partial charge in [0.05, 0.1) is 12.1 Å². The quantitative estimate of drug-likeness (QED) is 0.829. The molecule has 9 nitrogen and oxygen atoms in total. The van der Waals surface area contributed by atoms with Crippen LogP contribution in [0.4, 0.5) is 5.00 Å². The highest BCUT2D eigenvalue weighted by Gasteiger charge is 2.27. The number of hydrogen-bond donors (Lipinski definition) is 2. The third-order valence-corrected chi connectivity index (χ3v) is 5.09. The number of nitrogens with one attached hydrogen (secondary N) is 1.